The molecule has 2 aromatic rings. The van der Waals surface area contributed by atoms with Crippen LogP contribution in [0.4, 0.5) is 10.1 Å². The van der Waals surface area contributed by atoms with Gasteiger partial charge >= 0.3 is 0 Å². The van der Waals surface area contributed by atoms with Gasteiger partial charge in [0.1, 0.15) is 17.2 Å². The molecule has 6 heteroatoms. The number of carbonyl (C=O) groups excluding carboxylic acids is 2. The van der Waals surface area contributed by atoms with Gasteiger partial charge in [-0.25, -0.2) is 4.39 Å². The SMILES string of the molecule is Cc1ccc2c(c1)C(=O)CC1(CCN(CC(=O)Nc3ccccc3F)CC1)O2. The van der Waals surface area contributed by atoms with Crippen molar-refractivity contribution < 1.29 is 18.7 Å². The van der Waals surface area contributed by atoms with E-state index >= 15 is 0 Å². The number of nitrogens with one attached hydrogen (secondary N) is 1. The fourth-order valence-electron chi connectivity index (χ4n) is 3.96. The first-order valence-corrected chi connectivity index (χ1v) is 9.54. The maximum absolute atomic E-state index is 13.7. The minimum atomic E-state index is -0.488. The van der Waals surface area contributed by atoms with Crippen molar-refractivity contribution in [1.29, 1.82) is 0 Å². The monoisotopic (exact) mass is 382 g/mol. The predicted molar refractivity (Wildman–Crippen MR) is 104 cm³/mol. The van der Waals surface area contributed by atoms with Gasteiger partial charge < -0.3 is 10.1 Å². The number of likely N-dealkylation sites (tertiary alicyclic amines) is 1. The van der Waals surface area contributed by atoms with Crippen LogP contribution in [0, 0.1) is 12.7 Å². The van der Waals surface area contributed by atoms with Crippen molar-refractivity contribution in [3.05, 3.63) is 59.4 Å². The Bertz CT molecular complexity index is 920. The lowest BCUT2D eigenvalue weighted by molar-refractivity contribution is -0.118. The van der Waals surface area contributed by atoms with Crippen LogP contribution in [-0.2, 0) is 4.79 Å². The van der Waals surface area contributed by atoms with Gasteiger partial charge in [-0.15, -0.1) is 0 Å². The van der Waals surface area contributed by atoms with Gasteiger partial charge in [-0.05, 0) is 31.2 Å². The van der Waals surface area contributed by atoms with Crippen LogP contribution in [0.3, 0.4) is 0 Å². The lowest BCUT2D eigenvalue weighted by atomic mass is 9.82. The van der Waals surface area contributed by atoms with E-state index in [2.05, 4.69) is 5.32 Å². The van der Waals surface area contributed by atoms with E-state index < -0.39 is 11.4 Å². The molecule has 0 radical (unpaired) electrons. The third-order valence-corrected chi connectivity index (χ3v) is 5.53. The zero-order valence-electron chi connectivity index (χ0n) is 15.8. The number of anilines is 1. The summed E-state index contributed by atoms with van der Waals surface area (Å²) in [5, 5.41) is 2.61. The Kier molecular flexibility index (Phi) is 4.89. The number of hydrogen-bond donors (Lipinski definition) is 1. The van der Waals surface area contributed by atoms with Crippen LogP contribution < -0.4 is 10.1 Å². The van der Waals surface area contributed by atoms with E-state index in [9.17, 15) is 14.0 Å². The van der Waals surface area contributed by atoms with Crippen molar-refractivity contribution in [3.8, 4) is 5.75 Å². The summed E-state index contributed by atoms with van der Waals surface area (Å²) in [7, 11) is 0. The van der Waals surface area contributed by atoms with E-state index in [-0.39, 0.29) is 23.9 Å². The Morgan fingerprint density at radius 1 is 1.21 bits per heavy atom. The van der Waals surface area contributed by atoms with E-state index in [0.717, 1.165) is 5.56 Å². The Morgan fingerprint density at radius 3 is 2.71 bits per heavy atom. The molecule has 2 aromatic carbocycles. The Labute approximate surface area is 163 Å². The minimum absolute atomic E-state index is 0.121. The topological polar surface area (TPSA) is 58.6 Å². The van der Waals surface area contributed by atoms with Crippen LogP contribution in [0.25, 0.3) is 0 Å². The summed E-state index contributed by atoms with van der Waals surface area (Å²) in [6.45, 7) is 3.45. The molecular weight excluding hydrogens is 359 g/mol. The van der Waals surface area contributed by atoms with Crippen molar-refractivity contribution in [1.82, 2.24) is 4.90 Å². The summed E-state index contributed by atoms with van der Waals surface area (Å²) in [5.41, 5.74) is 1.41. The summed E-state index contributed by atoms with van der Waals surface area (Å²) < 4.78 is 19.9. The number of benzene rings is 2. The predicted octanol–water partition coefficient (Wildman–Crippen LogP) is 3.57. The molecule has 2 aliphatic heterocycles. The maximum Gasteiger partial charge on any atom is 0.238 e. The minimum Gasteiger partial charge on any atom is -0.486 e. The molecule has 0 bridgehead atoms. The fraction of sp³-hybridized carbons (Fsp3) is 0.364. The standard InChI is InChI=1S/C22H23FN2O3/c1-15-6-7-20-16(12-15)19(26)13-22(28-20)8-10-25(11-9-22)14-21(27)24-18-5-3-2-4-17(18)23/h2-7,12H,8-11,13-14H2,1H3,(H,24,27). The maximum atomic E-state index is 13.7. The first-order chi connectivity index (χ1) is 13.4. The molecule has 28 heavy (non-hydrogen) atoms. The Morgan fingerprint density at radius 2 is 1.96 bits per heavy atom. The van der Waals surface area contributed by atoms with Crippen LogP contribution in [-0.4, -0.2) is 41.8 Å². The molecule has 1 spiro atoms. The number of hydrogen-bond acceptors (Lipinski definition) is 4. The molecule has 0 atom stereocenters. The normalized spacial score (nSPS) is 18.4. The third-order valence-electron chi connectivity index (χ3n) is 5.53. The summed E-state index contributed by atoms with van der Waals surface area (Å²) in [6.07, 6.45) is 1.73. The zero-order chi connectivity index (χ0) is 19.7. The average Bonchev–Trinajstić information content (AvgIpc) is 2.66. The summed E-state index contributed by atoms with van der Waals surface area (Å²) in [5.74, 6) is 0.0854. The quantitative estimate of drug-likeness (QED) is 0.882. The van der Waals surface area contributed by atoms with Crippen molar-refractivity contribution in [3.63, 3.8) is 0 Å². The van der Waals surface area contributed by atoms with Gasteiger partial charge in [0.25, 0.3) is 0 Å². The largest absolute Gasteiger partial charge is 0.486 e. The van der Waals surface area contributed by atoms with E-state index in [4.69, 9.17) is 4.74 Å². The van der Waals surface area contributed by atoms with Crippen molar-refractivity contribution >= 4 is 17.4 Å². The highest BCUT2D eigenvalue weighted by Gasteiger charge is 2.43. The average molecular weight is 382 g/mol. The lowest BCUT2D eigenvalue weighted by Crippen LogP contribution is -2.52. The Balaban J connectivity index is 1.36. The van der Waals surface area contributed by atoms with Gasteiger partial charge in [0.05, 0.1) is 24.2 Å². The first-order valence-electron chi connectivity index (χ1n) is 9.54. The highest BCUT2D eigenvalue weighted by atomic mass is 19.1. The van der Waals surface area contributed by atoms with E-state index in [0.29, 0.717) is 43.7 Å². The first kappa shape index (κ1) is 18.6. The molecule has 2 heterocycles. The number of rotatable bonds is 3. The number of ketones is 1. The van der Waals surface area contributed by atoms with Crippen molar-refractivity contribution in [2.24, 2.45) is 0 Å². The molecule has 0 unspecified atom stereocenters. The van der Waals surface area contributed by atoms with Gasteiger partial charge in [0.2, 0.25) is 5.91 Å². The third kappa shape index (κ3) is 3.78. The summed E-state index contributed by atoms with van der Waals surface area (Å²) >= 11 is 0. The summed E-state index contributed by atoms with van der Waals surface area (Å²) in [6, 6.07) is 11.8. The van der Waals surface area contributed by atoms with Gasteiger partial charge in [-0.3, -0.25) is 14.5 Å². The second kappa shape index (κ2) is 7.36. The number of aryl methyl sites for hydroxylation is 1. The van der Waals surface area contributed by atoms with Crippen LogP contribution in [0.5, 0.6) is 5.75 Å². The molecule has 1 fully saturated rings. The molecule has 146 valence electrons. The molecule has 2 aliphatic rings. The number of para-hydroxylation sites is 1. The molecule has 5 nitrogen and oxygen atoms in total. The van der Waals surface area contributed by atoms with Crippen LogP contribution in [0.15, 0.2) is 42.5 Å². The number of halogens is 1. The number of ether oxygens (including phenoxy) is 1. The van der Waals surface area contributed by atoms with E-state index in [1.165, 1.54) is 6.07 Å². The number of carbonyl (C=O) groups is 2. The van der Waals surface area contributed by atoms with E-state index in [1.54, 1.807) is 18.2 Å². The molecule has 0 aromatic heterocycles. The van der Waals surface area contributed by atoms with Gasteiger partial charge in [0, 0.05) is 25.9 Å². The molecule has 0 aliphatic carbocycles. The molecule has 1 saturated heterocycles. The molecule has 0 saturated carbocycles. The van der Waals surface area contributed by atoms with Gasteiger partial charge in [0.15, 0.2) is 5.78 Å². The fourth-order valence-corrected chi connectivity index (χ4v) is 3.96. The van der Waals surface area contributed by atoms with Crippen LogP contribution >= 0.6 is 0 Å². The smallest absolute Gasteiger partial charge is 0.238 e. The molecule has 1 amide bonds. The lowest BCUT2D eigenvalue weighted by Gasteiger charge is -2.43. The number of piperidine rings is 1. The summed E-state index contributed by atoms with van der Waals surface area (Å²) in [4.78, 5) is 26.9. The van der Waals surface area contributed by atoms with Crippen LogP contribution in [0.1, 0.15) is 35.2 Å². The molecule has 1 N–H and O–H groups in total. The van der Waals surface area contributed by atoms with Crippen molar-refractivity contribution in [2.45, 2.75) is 31.8 Å². The number of Topliss-reactive ketones (excluding diaryl/α,β-unsaturated/α-hetero) is 1. The highest BCUT2D eigenvalue weighted by Crippen LogP contribution is 2.39. The van der Waals surface area contributed by atoms with Crippen LogP contribution in [0.2, 0.25) is 0 Å². The van der Waals surface area contributed by atoms with Gasteiger partial charge in [-0.2, -0.15) is 0 Å². The number of nitrogens with zero attached hydrogens (tertiary/aromatic N) is 1. The Hall–Kier alpha value is -2.73. The second-order valence-electron chi connectivity index (χ2n) is 7.69. The van der Waals surface area contributed by atoms with Gasteiger partial charge in [-0.1, -0.05) is 23.8 Å². The van der Waals surface area contributed by atoms with E-state index in [1.807, 2.05) is 30.0 Å². The highest BCUT2D eigenvalue weighted by molar-refractivity contribution is 6.00. The number of amides is 1. The number of fused-ring (bicyclic) bond motifs is 1. The second-order valence-corrected chi connectivity index (χ2v) is 7.69. The molecule has 4 rings (SSSR count). The van der Waals surface area contributed by atoms with Crippen molar-refractivity contribution in [2.75, 3.05) is 25.0 Å². The molecular formula is C22H23FN2O3. The zero-order valence-corrected chi connectivity index (χ0v) is 15.8.